The normalized spacial score (nSPS) is 18.2. The fraction of sp³-hybridized carbons (Fsp3) is 0.429. The van der Waals surface area contributed by atoms with Crippen LogP contribution in [0.1, 0.15) is 43.9 Å². The smallest absolute Gasteiger partial charge is 0.346 e. The van der Waals surface area contributed by atoms with Crippen molar-refractivity contribution in [3.05, 3.63) is 45.3 Å². The van der Waals surface area contributed by atoms with Crippen LogP contribution in [0.15, 0.2) is 32.8 Å². The summed E-state index contributed by atoms with van der Waals surface area (Å²) in [4.78, 5) is 19.4. The summed E-state index contributed by atoms with van der Waals surface area (Å²) < 4.78 is 5.70. The molecule has 2 aromatic heterocycles. The first-order chi connectivity index (χ1) is 13.1. The second-order valence-electron chi connectivity index (χ2n) is 7.25. The molecule has 0 bridgehead atoms. The molecule has 5 nitrogen and oxygen atoms in total. The highest BCUT2D eigenvalue weighted by molar-refractivity contribution is 7.13. The molecule has 6 heteroatoms. The molecular formula is C21H24N2O3S. The Kier molecular flexibility index (Phi) is 5.02. The molecule has 1 aromatic carbocycles. The van der Waals surface area contributed by atoms with Crippen molar-refractivity contribution in [2.24, 2.45) is 0 Å². The number of fused-ring (bicyclic) bond motifs is 1. The maximum atomic E-state index is 12.6. The van der Waals surface area contributed by atoms with Gasteiger partial charge in [-0.1, -0.05) is 13.3 Å². The number of aromatic nitrogens is 1. The first kappa shape index (κ1) is 18.2. The molecule has 3 heterocycles. The topological polar surface area (TPSA) is 66.6 Å². The van der Waals surface area contributed by atoms with E-state index in [1.54, 1.807) is 12.1 Å². The number of phenols is 1. The van der Waals surface area contributed by atoms with E-state index in [9.17, 15) is 9.90 Å². The number of aryl methyl sites for hydroxylation is 1. The molecule has 1 saturated heterocycles. The van der Waals surface area contributed by atoms with Gasteiger partial charge in [0.1, 0.15) is 16.3 Å². The Morgan fingerprint density at radius 2 is 2.22 bits per heavy atom. The van der Waals surface area contributed by atoms with E-state index in [0.29, 0.717) is 34.3 Å². The van der Waals surface area contributed by atoms with Crippen LogP contribution in [-0.2, 0) is 6.54 Å². The van der Waals surface area contributed by atoms with E-state index in [-0.39, 0.29) is 5.75 Å². The van der Waals surface area contributed by atoms with Crippen molar-refractivity contribution in [3.63, 3.8) is 0 Å². The summed E-state index contributed by atoms with van der Waals surface area (Å²) in [7, 11) is 0. The van der Waals surface area contributed by atoms with Crippen molar-refractivity contribution in [1.29, 1.82) is 0 Å². The third-order valence-corrected chi connectivity index (χ3v) is 6.41. The molecule has 0 amide bonds. The summed E-state index contributed by atoms with van der Waals surface area (Å²) in [6, 6.07) is 5.84. The second-order valence-corrected chi connectivity index (χ2v) is 8.11. The summed E-state index contributed by atoms with van der Waals surface area (Å²) in [5.41, 5.74) is 2.14. The lowest BCUT2D eigenvalue weighted by Crippen LogP contribution is -2.38. The molecule has 0 radical (unpaired) electrons. The van der Waals surface area contributed by atoms with E-state index in [1.165, 1.54) is 30.6 Å². The Hall–Kier alpha value is -2.18. The van der Waals surface area contributed by atoms with Crippen molar-refractivity contribution in [3.8, 4) is 16.3 Å². The molecule has 1 aliphatic rings. The molecule has 1 fully saturated rings. The fourth-order valence-electron chi connectivity index (χ4n) is 3.94. The van der Waals surface area contributed by atoms with Crippen LogP contribution in [0.2, 0.25) is 0 Å². The number of nitrogens with zero attached hydrogens (tertiary/aromatic N) is 2. The number of likely N-dealkylation sites (tertiary alicyclic amines) is 1. The lowest BCUT2D eigenvalue weighted by atomic mass is 9.98. The van der Waals surface area contributed by atoms with E-state index in [4.69, 9.17) is 4.42 Å². The highest BCUT2D eigenvalue weighted by atomic mass is 32.1. The van der Waals surface area contributed by atoms with Crippen LogP contribution in [-0.4, -0.2) is 27.6 Å². The lowest BCUT2D eigenvalue weighted by molar-refractivity contribution is 0.135. The van der Waals surface area contributed by atoms with Crippen LogP contribution in [0.3, 0.4) is 0 Å². The van der Waals surface area contributed by atoms with Gasteiger partial charge in [-0.15, -0.1) is 11.3 Å². The van der Waals surface area contributed by atoms with Crippen molar-refractivity contribution in [2.45, 2.75) is 52.1 Å². The van der Waals surface area contributed by atoms with Crippen LogP contribution < -0.4 is 5.63 Å². The zero-order valence-corrected chi connectivity index (χ0v) is 16.5. The lowest BCUT2D eigenvalue weighted by Gasteiger charge is -2.35. The number of thiazole rings is 1. The number of hydrogen-bond acceptors (Lipinski definition) is 6. The van der Waals surface area contributed by atoms with Gasteiger partial charge in [0.2, 0.25) is 0 Å². The number of aromatic hydroxyl groups is 1. The Balaban J connectivity index is 1.78. The molecule has 0 saturated carbocycles. The first-order valence-corrected chi connectivity index (χ1v) is 10.4. The van der Waals surface area contributed by atoms with Crippen molar-refractivity contribution in [1.82, 2.24) is 9.88 Å². The van der Waals surface area contributed by atoms with Gasteiger partial charge in [-0.05, 0) is 50.9 Å². The molecule has 1 aliphatic heterocycles. The summed E-state index contributed by atoms with van der Waals surface area (Å²) >= 11 is 1.44. The summed E-state index contributed by atoms with van der Waals surface area (Å²) in [5.74, 6) is 0.184. The quantitative estimate of drug-likeness (QED) is 0.661. The van der Waals surface area contributed by atoms with Crippen LogP contribution >= 0.6 is 11.3 Å². The Morgan fingerprint density at radius 3 is 2.96 bits per heavy atom. The van der Waals surface area contributed by atoms with Crippen molar-refractivity contribution in [2.75, 3.05) is 6.54 Å². The highest BCUT2D eigenvalue weighted by Gasteiger charge is 2.24. The van der Waals surface area contributed by atoms with E-state index >= 15 is 0 Å². The fourth-order valence-corrected chi connectivity index (χ4v) is 4.75. The van der Waals surface area contributed by atoms with Gasteiger partial charge in [-0.2, -0.15) is 0 Å². The highest BCUT2D eigenvalue weighted by Crippen LogP contribution is 2.32. The maximum Gasteiger partial charge on any atom is 0.346 e. The molecule has 142 valence electrons. The molecule has 1 atom stereocenters. The molecule has 3 aromatic rings. The van der Waals surface area contributed by atoms with Gasteiger partial charge in [0.15, 0.2) is 0 Å². The third-order valence-electron chi connectivity index (χ3n) is 5.41. The van der Waals surface area contributed by atoms with E-state index in [0.717, 1.165) is 24.0 Å². The number of benzene rings is 1. The number of hydrogen-bond donors (Lipinski definition) is 1. The maximum absolute atomic E-state index is 12.6. The van der Waals surface area contributed by atoms with Crippen molar-refractivity contribution >= 4 is 22.3 Å². The largest absolute Gasteiger partial charge is 0.507 e. The molecular weight excluding hydrogens is 360 g/mol. The average Bonchev–Trinajstić information content (AvgIpc) is 3.10. The Labute approximate surface area is 162 Å². The van der Waals surface area contributed by atoms with Gasteiger partial charge in [0.25, 0.3) is 0 Å². The summed E-state index contributed by atoms with van der Waals surface area (Å²) in [5, 5.41) is 13.9. The zero-order valence-electron chi connectivity index (χ0n) is 15.7. The van der Waals surface area contributed by atoms with Crippen LogP contribution in [0.4, 0.5) is 0 Å². The van der Waals surface area contributed by atoms with Crippen LogP contribution in [0.5, 0.6) is 5.75 Å². The second kappa shape index (κ2) is 7.44. The minimum Gasteiger partial charge on any atom is -0.507 e. The average molecular weight is 385 g/mol. The van der Waals surface area contributed by atoms with Gasteiger partial charge >= 0.3 is 5.63 Å². The molecule has 0 aliphatic carbocycles. The first-order valence-electron chi connectivity index (χ1n) is 9.52. The van der Waals surface area contributed by atoms with E-state index in [1.807, 2.05) is 18.4 Å². The predicted molar refractivity (Wildman–Crippen MR) is 108 cm³/mol. The number of phenolic OH excluding ortho intramolecular Hbond substituents is 1. The zero-order chi connectivity index (χ0) is 19.0. The Morgan fingerprint density at radius 1 is 1.37 bits per heavy atom. The molecule has 1 N–H and O–H groups in total. The molecule has 1 unspecified atom stereocenters. The van der Waals surface area contributed by atoms with E-state index < -0.39 is 5.63 Å². The molecule has 27 heavy (non-hydrogen) atoms. The Bertz CT molecular complexity index is 1020. The number of rotatable bonds is 4. The monoisotopic (exact) mass is 384 g/mol. The minimum absolute atomic E-state index is 0.184. The predicted octanol–water partition coefficient (Wildman–Crippen LogP) is 4.70. The van der Waals surface area contributed by atoms with Gasteiger partial charge in [-0.25, -0.2) is 9.78 Å². The van der Waals surface area contributed by atoms with Crippen LogP contribution in [0, 0.1) is 6.92 Å². The number of piperidine rings is 1. The van der Waals surface area contributed by atoms with Gasteiger partial charge < -0.3 is 9.52 Å². The summed E-state index contributed by atoms with van der Waals surface area (Å²) in [6.45, 7) is 5.71. The van der Waals surface area contributed by atoms with Gasteiger partial charge in [0, 0.05) is 29.0 Å². The van der Waals surface area contributed by atoms with Crippen molar-refractivity contribution < 1.29 is 9.52 Å². The standard InChI is InChI=1S/C21H24N2O3S/c1-3-15-6-4-5-9-23(15)11-17-18(24)8-7-14-10-16(21(25)26-19(14)17)20-22-13(2)12-27-20/h7-8,10,12,15,24H,3-6,9,11H2,1-2H3. The minimum atomic E-state index is -0.408. The van der Waals surface area contributed by atoms with E-state index in [2.05, 4.69) is 16.8 Å². The van der Waals surface area contributed by atoms with Gasteiger partial charge in [-0.3, -0.25) is 4.90 Å². The summed E-state index contributed by atoms with van der Waals surface area (Å²) in [6.07, 6.45) is 4.68. The van der Waals surface area contributed by atoms with Crippen LogP contribution in [0.25, 0.3) is 21.5 Å². The molecule has 4 rings (SSSR count). The SMILES string of the molecule is CCC1CCCCN1Cc1c(O)ccc2cc(-c3nc(C)cs3)c(=O)oc12. The third kappa shape index (κ3) is 3.51. The van der Waals surface area contributed by atoms with Gasteiger partial charge in [0.05, 0.1) is 11.1 Å². The molecule has 0 spiro atoms.